The number of morpholine rings is 1. The molecule has 0 aliphatic carbocycles. The van der Waals surface area contributed by atoms with Gasteiger partial charge in [0.25, 0.3) is 5.56 Å². The van der Waals surface area contributed by atoms with Gasteiger partial charge in [0, 0.05) is 44.7 Å². The number of benzene rings is 2. The van der Waals surface area contributed by atoms with E-state index < -0.39 is 23.5 Å². The number of nitrogens with zero attached hydrogens (tertiary/aromatic N) is 3. The molecular weight excluding hydrogens is 541 g/mol. The van der Waals surface area contributed by atoms with Crippen LogP contribution < -0.4 is 16.1 Å². The van der Waals surface area contributed by atoms with Crippen molar-refractivity contribution in [3.8, 4) is 16.1 Å². The Hall–Kier alpha value is -3.67. The largest absolute Gasteiger partial charge is 0.416 e. The zero-order valence-corrected chi connectivity index (χ0v) is 21.0. The number of halogens is 4. The summed E-state index contributed by atoms with van der Waals surface area (Å²) in [5, 5.41) is 1.65. The Morgan fingerprint density at radius 3 is 2.71 bits per heavy atom. The average molecular weight is 559 g/mol. The highest BCUT2D eigenvalue weighted by Gasteiger charge is 2.43. The number of nitrogens with one attached hydrogen (secondary N) is 1. The second-order valence-electron chi connectivity index (χ2n) is 8.82. The third-order valence-electron chi connectivity index (χ3n) is 6.47. The molecule has 4 heterocycles. The smallest absolute Gasteiger partial charge is 0.366 e. The van der Waals surface area contributed by atoms with Crippen LogP contribution in [0.2, 0.25) is 5.02 Å². The van der Waals surface area contributed by atoms with Gasteiger partial charge in [-0.3, -0.25) is 9.78 Å². The Morgan fingerprint density at radius 2 is 1.92 bits per heavy atom. The number of hydrogen-bond donors (Lipinski definition) is 1. The Balaban J connectivity index is 1.48. The lowest BCUT2D eigenvalue weighted by molar-refractivity contribution is -0.221. The maximum Gasteiger partial charge on any atom is 0.416 e. The van der Waals surface area contributed by atoms with Gasteiger partial charge in [0.1, 0.15) is 4.70 Å². The Morgan fingerprint density at radius 1 is 1.11 bits per heavy atom. The minimum atomic E-state index is -4.48. The molecule has 2 aromatic carbocycles. The predicted molar refractivity (Wildman–Crippen MR) is 142 cm³/mol. The van der Waals surface area contributed by atoms with Gasteiger partial charge in [0.05, 0.1) is 30.6 Å². The molecule has 0 saturated carbocycles. The Labute approximate surface area is 221 Å². The van der Waals surface area contributed by atoms with Gasteiger partial charge < -0.3 is 14.6 Å². The number of anilines is 1. The number of thiophene rings is 1. The third-order valence-corrected chi connectivity index (χ3v) is 7.96. The number of aromatic nitrogens is 3. The molecule has 1 atom stereocenters. The van der Waals surface area contributed by atoms with Gasteiger partial charge in [0.15, 0.2) is 6.10 Å². The summed E-state index contributed by atoms with van der Waals surface area (Å²) in [5.74, 6) is 0. The number of hydrogen-bond acceptors (Lipinski definition) is 6. The molecule has 1 fully saturated rings. The van der Waals surface area contributed by atoms with Crippen LogP contribution in [0.1, 0.15) is 0 Å². The van der Waals surface area contributed by atoms with Crippen molar-refractivity contribution in [2.75, 3.05) is 24.6 Å². The summed E-state index contributed by atoms with van der Waals surface area (Å²) in [7, 11) is 0. The number of aromatic amines is 1. The molecule has 1 saturated heterocycles. The number of H-pyrrole nitrogens is 1. The Bertz CT molecular complexity index is 1810. The number of rotatable bonds is 3. The van der Waals surface area contributed by atoms with Crippen LogP contribution in [0.3, 0.4) is 0 Å². The van der Waals surface area contributed by atoms with Crippen molar-refractivity contribution in [2.45, 2.75) is 12.3 Å². The van der Waals surface area contributed by atoms with Crippen LogP contribution in [-0.2, 0) is 4.74 Å². The zero-order chi connectivity index (χ0) is 26.6. The van der Waals surface area contributed by atoms with Crippen molar-refractivity contribution < 1.29 is 17.9 Å². The predicted octanol–water partition coefficient (Wildman–Crippen LogP) is 5.38. The van der Waals surface area contributed by atoms with E-state index in [9.17, 15) is 22.8 Å². The van der Waals surface area contributed by atoms with Crippen LogP contribution >= 0.6 is 22.9 Å². The van der Waals surface area contributed by atoms with E-state index >= 15 is 0 Å². The maximum absolute atomic E-state index is 13.6. The van der Waals surface area contributed by atoms with E-state index in [2.05, 4.69) is 9.97 Å². The summed E-state index contributed by atoms with van der Waals surface area (Å²) in [6, 6.07) is 14.0. The van der Waals surface area contributed by atoms with Gasteiger partial charge in [-0.1, -0.05) is 35.9 Å². The second kappa shape index (κ2) is 9.26. The first-order valence-corrected chi connectivity index (χ1v) is 12.8. The molecule has 0 bridgehead atoms. The highest BCUT2D eigenvalue weighted by Crippen LogP contribution is 2.35. The summed E-state index contributed by atoms with van der Waals surface area (Å²) >= 11 is 7.54. The van der Waals surface area contributed by atoms with Crippen LogP contribution in [0.4, 0.5) is 18.9 Å². The van der Waals surface area contributed by atoms with Crippen molar-refractivity contribution >= 4 is 49.6 Å². The fourth-order valence-corrected chi connectivity index (χ4v) is 5.99. The van der Waals surface area contributed by atoms with Crippen molar-refractivity contribution in [3.05, 3.63) is 86.8 Å². The standard InChI is InChI=1S/C26H18ClF3N4O3S/c27-18-4-2-1-3-16(18)21-10-19-23(38-21)24(35)34(25(36)32-19)20-12-31-11-14-5-6-15(9-17(14)20)33-7-8-37-22(13-33)26(28,29)30/h1-6,9-12,22H,7-8,13H2,(H,32,36)/t22-/m0/s1. The first-order valence-electron chi connectivity index (χ1n) is 11.6. The highest BCUT2D eigenvalue weighted by atomic mass is 35.5. The molecule has 12 heteroatoms. The molecule has 6 rings (SSSR count). The topological polar surface area (TPSA) is 80.2 Å². The van der Waals surface area contributed by atoms with E-state index in [-0.39, 0.29) is 25.4 Å². The van der Waals surface area contributed by atoms with E-state index in [0.29, 0.717) is 31.7 Å². The minimum Gasteiger partial charge on any atom is -0.366 e. The summed E-state index contributed by atoms with van der Waals surface area (Å²) in [6.45, 7) is -0.166. The number of pyridine rings is 1. The molecule has 38 heavy (non-hydrogen) atoms. The number of fused-ring (bicyclic) bond motifs is 2. The summed E-state index contributed by atoms with van der Waals surface area (Å²) in [6.07, 6.45) is -3.42. The minimum absolute atomic E-state index is 0.0760. The van der Waals surface area contributed by atoms with Crippen molar-refractivity contribution in [2.24, 2.45) is 0 Å². The molecule has 3 aromatic heterocycles. The van der Waals surface area contributed by atoms with Crippen LogP contribution in [0.5, 0.6) is 0 Å². The normalized spacial score (nSPS) is 16.4. The van der Waals surface area contributed by atoms with Crippen LogP contribution in [0, 0.1) is 0 Å². The summed E-state index contributed by atoms with van der Waals surface area (Å²) in [4.78, 5) is 36.0. The molecule has 1 N–H and O–H groups in total. The first kappa shape index (κ1) is 24.7. The van der Waals surface area contributed by atoms with Gasteiger partial charge in [0.2, 0.25) is 0 Å². The molecule has 7 nitrogen and oxygen atoms in total. The molecule has 0 amide bonds. The van der Waals surface area contributed by atoms with E-state index in [1.165, 1.54) is 17.5 Å². The first-order chi connectivity index (χ1) is 18.2. The zero-order valence-electron chi connectivity index (χ0n) is 19.5. The van der Waals surface area contributed by atoms with Gasteiger partial charge >= 0.3 is 11.9 Å². The lowest BCUT2D eigenvalue weighted by Gasteiger charge is -2.35. The molecule has 5 aromatic rings. The maximum atomic E-state index is 13.6. The quantitative estimate of drug-likeness (QED) is 0.322. The number of ether oxygens (including phenoxy) is 1. The highest BCUT2D eigenvalue weighted by molar-refractivity contribution is 7.22. The lowest BCUT2D eigenvalue weighted by atomic mass is 10.1. The third kappa shape index (κ3) is 4.26. The van der Waals surface area contributed by atoms with Gasteiger partial charge in [-0.15, -0.1) is 11.3 Å². The van der Waals surface area contributed by atoms with Crippen molar-refractivity contribution in [3.63, 3.8) is 0 Å². The fraction of sp³-hybridized carbons (Fsp3) is 0.192. The van der Waals surface area contributed by atoms with Gasteiger partial charge in [-0.25, -0.2) is 9.36 Å². The molecule has 1 aliphatic rings. The van der Waals surface area contributed by atoms with E-state index in [4.69, 9.17) is 16.3 Å². The van der Waals surface area contributed by atoms with E-state index in [0.717, 1.165) is 15.0 Å². The van der Waals surface area contributed by atoms with Gasteiger partial charge in [-0.05, 0) is 24.3 Å². The molecule has 1 aliphatic heterocycles. The van der Waals surface area contributed by atoms with E-state index in [1.807, 2.05) is 12.1 Å². The summed E-state index contributed by atoms with van der Waals surface area (Å²) in [5.41, 5.74) is 0.679. The van der Waals surface area contributed by atoms with Crippen LogP contribution in [0.25, 0.3) is 37.1 Å². The second-order valence-corrected chi connectivity index (χ2v) is 10.3. The number of alkyl halides is 3. The monoisotopic (exact) mass is 558 g/mol. The summed E-state index contributed by atoms with van der Waals surface area (Å²) < 4.78 is 46.1. The molecule has 0 radical (unpaired) electrons. The van der Waals surface area contributed by atoms with Gasteiger partial charge in [-0.2, -0.15) is 13.2 Å². The molecule has 194 valence electrons. The van der Waals surface area contributed by atoms with Crippen LogP contribution in [-0.4, -0.2) is 46.5 Å². The van der Waals surface area contributed by atoms with Crippen LogP contribution in [0.15, 0.2) is 70.5 Å². The van der Waals surface area contributed by atoms with E-state index in [1.54, 1.807) is 47.5 Å². The van der Waals surface area contributed by atoms with Crippen molar-refractivity contribution in [1.29, 1.82) is 0 Å². The molecular formula is C26H18ClF3N4O3S. The SMILES string of the molecule is O=c1[nH]c2cc(-c3ccccc3Cl)sc2c(=O)n1-c1cncc2ccc(N3CCO[C@H](C(F)(F)F)C3)cc12. The average Bonchev–Trinajstić information content (AvgIpc) is 3.32. The molecule has 0 spiro atoms. The van der Waals surface area contributed by atoms with Crippen molar-refractivity contribution in [1.82, 2.24) is 14.5 Å². The fourth-order valence-electron chi connectivity index (χ4n) is 4.61. The Kier molecular flexibility index (Phi) is 6.01. The molecule has 0 unspecified atom stereocenters. The lowest BCUT2D eigenvalue weighted by Crippen LogP contribution is -2.49.